The van der Waals surface area contributed by atoms with Crippen LogP contribution in [0, 0.1) is 0 Å². The molecule has 0 saturated heterocycles. The number of anilines is 2. The third-order valence-corrected chi connectivity index (χ3v) is 5.88. The molecule has 0 heterocycles. The Bertz CT molecular complexity index is 1230. The summed E-state index contributed by atoms with van der Waals surface area (Å²) in [5.74, 6) is 0. The van der Waals surface area contributed by atoms with Gasteiger partial charge in [0.05, 0.1) is 0 Å². The summed E-state index contributed by atoms with van der Waals surface area (Å²) >= 11 is 0. The quantitative estimate of drug-likeness (QED) is 0.280. The summed E-state index contributed by atoms with van der Waals surface area (Å²) in [6.45, 7) is 0. The Morgan fingerprint density at radius 2 is 0.719 bits per heavy atom. The van der Waals surface area contributed by atoms with Crippen molar-refractivity contribution in [3.8, 4) is 33.4 Å². The van der Waals surface area contributed by atoms with E-state index in [1.807, 2.05) is 0 Å². The van der Waals surface area contributed by atoms with Gasteiger partial charge in [-0.1, -0.05) is 103 Å². The van der Waals surface area contributed by atoms with E-state index in [4.69, 9.17) is 0 Å². The molecule has 5 rings (SSSR count). The third-order valence-electron chi connectivity index (χ3n) is 5.88. The summed E-state index contributed by atoms with van der Waals surface area (Å²) < 4.78 is 0. The summed E-state index contributed by atoms with van der Waals surface area (Å²) in [6, 6.07) is 47.3. The van der Waals surface area contributed by atoms with Crippen molar-refractivity contribution in [3.05, 3.63) is 133 Å². The van der Waals surface area contributed by atoms with Gasteiger partial charge < -0.3 is 4.90 Å². The van der Waals surface area contributed by atoms with Crippen LogP contribution in [0.2, 0.25) is 0 Å². The van der Waals surface area contributed by atoms with E-state index in [0.29, 0.717) is 0 Å². The second kappa shape index (κ2) is 8.95. The van der Waals surface area contributed by atoms with Gasteiger partial charge in [-0.15, -0.1) is 0 Å². The van der Waals surface area contributed by atoms with Crippen molar-refractivity contribution in [2.45, 2.75) is 0 Å². The number of benzene rings is 5. The number of nitrogens with zero attached hydrogens (tertiary/aromatic N) is 1. The van der Waals surface area contributed by atoms with Crippen LogP contribution in [-0.2, 0) is 0 Å². The van der Waals surface area contributed by atoms with Gasteiger partial charge in [0.25, 0.3) is 0 Å². The average molecular weight is 412 g/mol. The normalized spacial score (nSPS) is 10.7. The van der Waals surface area contributed by atoms with E-state index in [2.05, 4.69) is 145 Å². The molecule has 32 heavy (non-hydrogen) atoms. The first-order valence-electron chi connectivity index (χ1n) is 10.9. The van der Waals surface area contributed by atoms with Gasteiger partial charge in [-0.05, 0) is 63.7 Å². The van der Waals surface area contributed by atoms with Crippen LogP contribution < -0.4 is 4.90 Å². The van der Waals surface area contributed by atoms with E-state index in [-0.39, 0.29) is 0 Å². The van der Waals surface area contributed by atoms with Gasteiger partial charge in [0, 0.05) is 18.4 Å². The maximum atomic E-state index is 2.28. The molecule has 5 aromatic rings. The fraction of sp³-hybridized carbons (Fsp3) is 0.0323. The Morgan fingerprint density at radius 3 is 1.16 bits per heavy atom. The molecular formula is C31H25N. The summed E-state index contributed by atoms with van der Waals surface area (Å²) in [4.78, 5) is 2.26. The molecule has 154 valence electrons. The second-order valence-electron chi connectivity index (χ2n) is 7.97. The minimum Gasteiger partial charge on any atom is -0.345 e. The van der Waals surface area contributed by atoms with E-state index >= 15 is 0 Å². The Hall–Kier alpha value is -4.10. The molecule has 0 radical (unpaired) electrons. The molecule has 1 nitrogen and oxygen atoms in total. The maximum Gasteiger partial charge on any atom is 0.0420 e. The molecule has 0 fully saturated rings. The topological polar surface area (TPSA) is 3.24 Å². The first kappa shape index (κ1) is 19.8. The highest BCUT2D eigenvalue weighted by Gasteiger charge is 2.10. The second-order valence-corrected chi connectivity index (χ2v) is 7.97. The lowest BCUT2D eigenvalue weighted by molar-refractivity contribution is 1.21. The predicted molar refractivity (Wildman–Crippen MR) is 137 cm³/mol. The van der Waals surface area contributed by atoms with Crippen molar-refractivity contribution in [2.75, 3.05) is 11.9 Å². The summed E-state index contributed by atoms with van der Waals surface area (Å²) in [7, 11) is 2.14. The molecule has 0 unspecified atom stereocenters. The Balaban J connectivity index is 1.54. The molecule has 1 heteroatoms. The zero-order chi connectivity index (χ0) is 21.8. The lowest BCUT2D eigenvalue weighted by Gasteiger charge is -2.22. The van der Waals surface area contributed by atoms with Crippen molar-refractivity contribution in [3.63, 3.8) is 0 Å². The summed E-state index contributed by atoms with van der Waals surface area (Å²) in [5, 5.41) is 0. The standard InChI is InChI=1S/C31H25N/c1-32(30-19-17-27(18-20-30)24-11-5-2-6-12-24)31-22-28(25-13-7-3-8-14-25)21-29(23-31)26-15-9-4-10-16-26/h2-23H,1H3. The van der Waals surface area contributed by atoms with Crippen molar-refractivity contribution in [1.82, 2.24) is 0 Å². The van der Waals surface area contributed by atoms with Gasteiger partial charge in [-0.2, -0.15) is 0 Å². The van der Waals surface area contributed by atoms with Crippen LogP contribution in [0.3, 0.4) is 0 Å². The molecule has 0 aliphatic rings. The van der Waals surface area contributed by atoms with Crippen LogP contribution in [0.1, 0.15) is 0 Å². The number of hydrogen-bond acceptors (Lipinski definition) is 1. The van der Waals surface area contributed by atoms with Crippen LogP contribution in [-0.4, -0.2) is 7.05 Å². The van der Waals surface area contributed by atoms with Crippen LogP contribution in [0.4, 0.5) is 11.4 Å². The number of rotatable bonds is 5. The van der Waals surface area contributed by atoms with Crippen LogP contribution in [0.15, 0.2) is 133 Å². The highest BCUT2D eigenvalue weighted by Crippen LogP contribution is 2.34. The van der Waals surface area contributed by atoms with Gasteiger partial charge in [0.1, 0.15) is 0 Å². The third kappa shape index (κ3) is 4.19. The first-order valence-corrected chi connectivity index (χ1v) is 10.9. The Morgan fingerprint density at radius 1 is 0.344 bits per heavy atom. The molecule has 5 aromatic carbocycles. The zero-order valence-electron chi connectivity index (χ0n) is 18.1. The van der Waals surface area contributed by atoms with E-state index in [1.165, 1.54) is 33.4 Å². The van der Waals surface area contributed by atoms with Gasteiger partial charge in [-0.3, -0.25) is 0 Å². The lowest BCUT2D eigenvalue weighted by Crippen LogP contribution is -2.09. The molecule has 0 atom stereocenters. The number of hydrogen-bond donors (Lipinski definition) is 0. The van der Waals surface area contributed by atoms with Crippen molar-refractivity contribution in [1.29, 1.82) is 0 Å². The molecule has 0 amide bonds. The average Bonchev–Trinajstić information content (AvgIpc) is 2.89. The smallest absolute Gasteiger partial charge is 0.0420 e. The van der Waals surface area contributed by atoms with Crippen LogP contribution in [0.5, 0.6) is 0 Å². The van der Waals surface area contributed by atoms with Crippen molar-refractivity contribution in [2.24, 2.45) is 0 Å². The lowest BCUT2D eigenvalue weighted by atomic mass is 9.97. The highest BCUT2D eigenvalue weighted by atomic mass is 15.1. The van der Waals surface area contributed by atoms with E-state index in [1.54, 1.807) is 0 Å². The molecule has 0 aliphatic carbocycles. The molecule has 0 saturated carbocycles. The fourth-order valence-corrected chi connectivity index (χ4v) is 4.06. The molecule has 0 aromatic heterocycles. The van der Waals surface area contributed by atoms with Gasteiger partial charge in [0.15, 0.2) is 0 Å². The summed E-state index contributed by atoms with van der Waals surface area (Å²) in [5.41, 5.74) is 9.67. The predicted octanol–water partition coefficient (Wildman–Crippen LogP) is 8.46. The molecule has 0 spiro atoms. The van der Waals surface area contributed by atoms with Crippen LogP contribution >= 0.6 is 0 Å². The van der Waals surface area contributed by atoms with Crippen molar-refractivity contribution >= 4 is 11.4 Å². The minimum atomic E-state index is 1.16. The van der Waals surface area contributed by atoms with E-state index < -0.39 is 0 Å². The van der Waals surface area contributed by atoms with Gasteiger partial charge in [0.2, 0.25) is 0 Å². The zero-order valence-corrected chi connectivity index (χ0v) is 18.1. The molecule has 0 aliphatic heterocycles. The maximum absolute atomic E-state index is 2.28. The molecule has 0 N–H and O–H groups in total. The minimum absolute atomic E-state index is 1.16. The molecule has 0 bridgehead atoms. The SMILES string of the molecule is CN(c1ccc(-c2ccccc2)cc1)c1cc(-c2ccccc2)cc(-c2ccccc2)c1. The highest BCUT2D eigenvalue weighted by molar-refractivity contribution is 5.80. The van der Waals surface area contributed by atoms with E-state index in [0.717, 1.165) is 11.4 Å². The van der Waals surface area contributed by atoms with Gasteiger partial charge in [-0.25, -0.2) is 0 Å². The van der Waals surface area contributed by atoms with Gasteiger partial charge >= 0.3 is 0 Å². The first-order chi connectivity index (χ1) is 15.8. The largest absolute Gasteiger partial charge is 0.345 e. The Kier molecular flexibility index (Phi) is 5.55. The monoisotopic (exact) mass is 411 g/mol. The molecular weight excluding hydrogens is 386 g/mol. The van der Waals surface area contributed by atoms with Crippen LogP contribution in [0.25, 0.3) is 33.4 Å². The van der Waals surface area contributed by atoms with E-state index in [9.17, 15) is 0 Å². The summed E-state index contributed by atoms with van der Waals surface area (Å²) in [6.07, 6.45) is 0. The fourth-order valence-electron chi connectivity index (χ4n) is 4.06. The van der Waals surface area contributed by atoms with Crippen molar-refractivity contribution < 1.29 is 0 Å². The Labute approximate surface area is 190 Å².